The van der Waals surface area contributed by atoms with Gasteiger partial charge >= 0.3 is 0 Å². The van der Waals surface area contributed by atoms with E-state index in [1.165, 1.54) is 23.9 Å². The molecule has 20 heavy (non-hydrogen) atoms. The monoisotopic (exact) mass is 283 g/mol. The maximum Gasteiger partial charge on any atom is 0.152 e. The first-order valence-electron chi connectivity index (χ1n) is 6.04. The third-order valence-electron chi connectivity index (χ3n) is 2.85. The summed E-state index contributed by atoms with van der Waals surface area (Å²) in [5.41, 5.74) is 1.33. The molecule has 98 valence electrons. The molecule has 0 atom stereocenters. The number of nitrogens with zero attached hydrogens (tertiary/aromatic N) is 1. The van der Waals surface area contributed by atoms with Gasteiger partial charge in [0.1, 0.15) is 10.8 Å². The van der Waals surface area contributed by atoms with Crippen LogP contribution in [0.1, 0.15) is 10.4 Å². The van der Waals surface area contributed by atoms with Crippen molar-refractivity contribution in [3.8, 4) is 0 Å². The number of rotatable bonds is 3. The van der Waals surface area contributed by atoms with Crippen LogP contribution in [0.25, 0.3) is 10.9 Å². The molecule has 0 N–H and O–H groups in total. The van der Waals surface area contributed by atoms with Crippen LogP contribution in [-0.4, -0.2) is 11.3 Å². The lowest BCUT2D eigenvalue weighted by atomic mass is 10.2. The highest BCUT2D eigenvalue weighted by Gasteiger charge is 2.08. The highest BCUT2D eigenvalue weighted by atomic mass is 32.2. The number of benzene rings is 2. The van der Waals surface area contributed by atoms with Crippen molar-refractivity contribution in [3.05, 3.63) is 66.0 Å². The minimum absolute atomic E-state index is 0.302. The van der Waals surface area contributed by atoms with E-state index in [1.807, 2.05) is 24.3 Å². The Kier molecular flexibility index (Phi) is 3.48. The largest absolute Gasteiger partial charge is 0.298 e. The molecule has 3 rings (SSSR count). The average molecular weight is 283 g/mol. The fraction of sp³-hybridized carbons (Fsp3) is 0. The fourth-order valence-corrected chi connectivity index (χ4v) is 2.83. The van der Waals surface area contributed by atoms with Gasteiger partial charge in [-0.2, -0.15) is 0 Å². The van der Waals surface area contributed by atoms with Crippen molar-refractivity contribution in [3.63, 3.8) is 0 Å². The summed E-state index contributed by atoms with van der Waals surface area (Å²) in [5.74, 6) is -0.302. The van der Waals surface area contributed by atoms with E-state index in [4.69, 9.17) is 0 Å². The normalized spacial score (nSPS) is 10.7. The zero-order valence-electron chi connectivity index (χ0n) is 10.4. The molecule has 0 unspecified atom stereocenters. The third-order valence-corrected chi connectivity index (χ3v) is 3.86. The van der Waals surface area contributed by atoms with Gasteiger partial charge in [0.2, 0.25) is 0 Å². The smallest absolute Gasteiger partial charge is 0.152 e. The molecule has 1 aromatic heterocycles. The summed E-state index contributed by atoms with van der Waals surface area (Å²) >= 11 is 1.29. The molecule has 0 bridgehead atoms. The predicted octanol–water partition coefficient (Wildman–Crippen LogP) is 4.34. The summed E-state index contributed by atoms with van der Waals surface area (Å²) < 4.78 is 13.2. The topological polar surface area (TPSA) is 30.0 Å². The highest BCUT2D eigenvalue weighted by molar-refractivity contribution is 7.99. The molecule has 0 radical (unpaired) electrons. The Hall–Kier alpha value is -2.20. The van der Waals surface area contributed by atoms with E-state index in [1.54, 1.807) is 18.2 Å². The SMILES string of the molecule is O=Cc1cc2ccccc2nc1Sc1cccc(F)c1. The van der Waals surface area contributed by atoms with E-state index < -0.39 is 0 Å². The number of pyridine rings is 1. The Bertz CT molecular complexity index is 788. The summed E-state index contributed by atoms with van der Waals surface area (Å²) in [6.07, 6.45) is 0.779. The van der Waals surface area contributed by atoms with Crippen molar-refractivity contribution < 1.29 is 9.18 Å². The van der Waals surface area contributed by atoms with Crippen molar-refractivity contribution in [2.45, 2.75) is 9.92 Å². The van der Waals surface area contributed by atoms with Gasteiger partial charge in [0.05, 0.1) is 5.52 Å². The fourth-order valence-electron chi connectivity index (χ4n) is 1.92. The number of hydrogen-bond donors (Lipinski definition) is 0. The quantitative estimate of drug-likeness (QED) is 0.670. The summed E-state index contributed by atoms with van der Waals surface area (Å²) in [4.78, 5) is 16.4. The zero-order valence-corrected chi connectivity index (χ0v) is 11.2. The van der Waals surface area contributed by atoms with E-state index in [2.05, 4.69) is 4.98 Å². The van der Waals surface area contributed by atoms with Gasteiger partial charge in [-0.1, -0.05) is 36.0 Å². The van der Waals surface area contributed by atoms with Gasteiger partial charge in [0.15, 0.2) is 6.29 Å². The molecule has 0 saturated heterocycles. The van der Waals surface area contributed by atoms with Crippen molar-refractivity contribution in [2.24, 2.45) is 0 Å². The molecule has 0 amide bonds. The third kappa shape index (κ3) is 2.56. The van der Waals surface area contributed by atoms with Crippen LogP contribution in [0.15, 0.2) is 64.5 Å². The van der Waals surface area contributed by atoms with E-state index in [-0.39, 0.29) is 5.82 Å². The number of carbonyl (C=O) groups is 1. The molecule has 0 saturated carbocycles. The Morgan fingerprint density at radius 1 is 1.05 bits per heavy atom. The first-order chi connectivity index (χ1) is 9.76. The molecule has 4 heteroatoms. The van der Waals surface area contributed by atoms with E-state index in [0.717, 1.165) is 22.1 Å². The number of hydrogen-bond acceptors (Lipinski definition) is 3. The minimum Gasteiger partial charge on any atom is -0.298 e. The Labute approximate surface area is 119 Å². The summed E-state index contributed by atoms with van der Waals surface area (Å²) in [7, 11) is 0. The van der Waals surface area contributed by atoms with Crippen molar-refractivity contribution >= 4 is 29.0 Å². The average Bonchev–Trinajstić information content (AvgIpc) is 2.46. The molecule has 2 aromatic carbocycles. The van der Waals surface area contributed by atoms with Crippen LogP contribution in [0, 0.1) is 5.82 Å². The second kappa shape index (κ2) is 5.43. The molecule has 0 aliphatic rings. The van der Waals surface area contributed by atoms with Crippen LogP contribution in [0.2, 0.25) is 0 Å². The van der Waals surface area contributed by atoms with E-state index >= 15 is 0 Å². The number of para-hydroxylation sites is 1. The van der Waals surface area contributed by atoms with Crippen LogP contribution < -0.4 is 0 Å². The lowest BCUT2D eigenvalue weighted by Gasteiger charge is -2.06. The molecule has 0 fully saturated rings. The molecule has 2 nitrogen and oxygen atoms in total. The minimum atomic E-state index is -0.302. The number of halogens is 1. The second-order valence-electron chi connectivity index (χ2n) is 4.25. The summed E-state index contributed by atoms with van der Waals surface area (Å²) in [6.45, 7) is 0. The molecule has 0 aliphatic carbocycles. The molecular formula is C16H10FNOS. The summed E-state index contributed by atoms with van der Waals surface area (Å²) in [6, 6.07) is 15.6. The van der Waals surface area contributed by atoms with Crippen molar-refractivity contribution in [1.29, 1.82) is 0 Å². The standard InChI is InChI=1S/C16H10FNOS/c17-13-5-3-6-14(9-13)20-16-12(10-19)8-11-4-1-2-7-15(11)18-16/h1-10H. The van der Waals surface area contributed by atoms with Gasteiger partial charge in [0.25, 0.3) is 0 Å². The van der Waals surface area contributed by atoms with Gasteiger partial charge in [-0.05, 0) is 30.3 Å². The predicted molar refractivity (Wildman–Crippen MR) is 77.7 cm³/mol. The molecule has 0 spiro atoms. The summed E-state index contributed by atoms with van der Waals surface area (Å²) in [5, 5.41) is 1.50. The van der Waals surface area contributed by atoms with Gasteiger partial charge in [-0.3, -0.25) is 4.79 Å². The Morgan fingerprint density at radius 2 is 1.90 bits per heavy atom. The zero-order chi connectivity index (χ0) is 13.9. The number of carbonyl (C=O) groups excluding carboxylic acids is 1. The lowest BCUT2D eigenvalue weighted by Crippen LogP contribution is -1.91. The van der Waals surface area contributed by atoms with Crippen molar-refractivity contribution in [1.82, 2.24) is 4.98 Å². The van der Waals surface area contributed by atoms with Gasteiger partial charge < -0.3 is 0 Å². The number of aromatic nitrogens is 1. The van der Waals surface area contributed by atoms with Crippen LogP contribution in [0.3, 0.4) is 0 Å². The van der Waals surface area contributed by atoms with Gasteiger partial charge in [-0.25, -0.2) is 9.37 Å². The Morgan fingerprint density at radius 3 is 2.70 bits per heavy atom. The molecule has 0 aliphatic heterocycles. The Balaban J connectivity index is 2.07. The van der Waals surface area contributed by atoms with E-state index in [9.17, 15) is 9.18 Å². The maximum absolute atomic E-state index is 13.2. The van der Waals surface area contributed by atoms with Crippen LogP contribution in [-0.2, 0) is 0 Å². The maximum atomic E-state index is 13.2. The van der Waals surface area contributed by atoms with Crippen LogP contribution in [0.5, 0.6) is 0 Å². The van der Waals surface area contributed by atoms with Gasteiger partial charge in [0, 0.05) is 15.8 Å². The lowest BCUT2D eigenvalue weighted by molar-refractivity contribution is 0.112. The van der Waals surface area contributed by atoms with Gasteiger partial charge in [-0.15, -0.1) is 0 Å². The van der Waals surface area contributed by atoms with Crippen LogP contribution >= 0.6 is 11.8 Å². The second-order valence-corrected chi connectivity index (χ2v) is 5.31. The molecule has 3 aromatic rings. The highest BCUT2D eigenvalue weighted by Crippen LogP contribution is 2.30. The first kappa shape index (κ1) is 12.8. The first-order valence-corrected chi connectivity index (χ1v) is 6.86. The molecule has 1 heterocycles. The van der Waals surface area contributed by atoms with Crippen LogP contribution in [0.4, 0.5) is 4.39 Å². The number of aldehydes is 1. The van der Waals surface area contributed by atoms with Crippen molar-refractivity contribution in [2.75, 3.05) is 0 Å². The number of fused-ring (bicyclic) bond motifs is 1. The molecular weight excluding hydrogens is 273 g/mol. The van der Waals surface area contributed by atoms with E-state index in [0.29, 0.717) is 10.6 Å².